The predicted octanol–water partition coefficient (Wildman–Crippen LogP) is 2.13. The lowest BCUT2D eigenvalue weighted by molar-refractivity contribution is -0.117. The largest absolute Gasteiger partial charge is 0.367 e. The minimum atomic E-state index is 0.127. The maximum atomic E-state index is 12.0. The SMILES string of the molecule is O=C1Cc2ccccc2N1CCNc1ncncc1Cl. The Hall–Kier alpha value is -2.14. The highest BCUT2D eigenvalue weighted by atomic mass is 35.5. The Morgan fingerprint density at radius 1 is 1.35 bits per heavy atom. The Labute approximate surface area is 121 Å². The Bertz CT molecular complexity index is 647. The summed E-state index contributed by atoms with van der Waals surface area (Å²) in [4.78, 5) is 21.6. The van der Waals surface area contributed by atoms with Crippen LogP contribution in [0.2, 0.25) is 5.02 Å². The van der Waals surface area contributed by atoms with Crippen molar-refractivity contribution in [3.05, 3.63) is 47.4 Å². The third-order valence-corrected chi connectivity index (χ3v) is 3.50. The molecule has 0 saturated heterocycles. The number of halogens is 1. The molecular weight excluding hydrogens is 276 g/mol. The number of aromatic nitrogens is 2. The van der Waals surface area contributed by atoms with E-state index in [4.69, 9.17) is 11.6 Å². The van der Waals surface area contributed by atoms with Crippen molar-refractivity contribution >= 4 is 29.0 Å². The lowest BCUT2D eigenvalue weighted by Crippen LogP contribution is -2.31. The summed E-state index contributed by atoms with van der Waals surface area (Å²) < 4.78 is 0. The zero-order chi connectivity index (χ0) is 13.9. The number of benzene rings is 1. The van der Waals surface area contributed by atoms with Crippen LogP contribution in [0.1, 0.15) is 5.56 Å². The summed E-state index contributed by atoms with van der Waals surface area (Å²) in [5, 5.41) is 3.59. The van der Waals surface area contributed by atoms with Gasteiger partial charge in [0.2, 0.25) is 5.91 Å². The molecule has 0 bridgehead atoms. The van der Waals surface area contributed by atoms with Crippen LogP contribution in [0.3, 0.4) is 0 Å². The fraction of sp³-hybridized carbons (Fsp3) is 0.214. The quantitative estimate of drug-likeness (QED) is 0.936. The number of carbonyl (C=O) groups is 1. The summed E-state index contributed by atoms with van der Waals surface area (Å²) in [6.07, 6.45) is 3.45. The topological polar surface area (TPSA) is 58.1 Å². The van der Waals surface area contributed by atoms with Gasteiger partial charge in [-0.25, -0.2) is 9.97 Å². The van der Waals surface area contributed by atoms with Crippen LogP contribution in [0.4, 0.5) is 11.5 Å². The molecular formula is C14H13ClN4O. The molecule has 6 heteroatoms. The maximum absolute atomic E-state index is 12.0. The summed E-state index contributed by atoms with van der Waals surface area (Å²) in [5.74, 6) is 0.711. The van der Waals surface area contributed by atoms with Crippen LogP contribution in [0.5, 0.6) is 0 Å². The first-order valence-electron chi connectivity index (χ1n) is 6.33. The van der Waals surface area contributed by atoms with Crippen LogP contribution in [0, 0.1) is 0 Å². The van der Waals surface area contributed by atoms with Crippen LogP contribution in [-0.2, 0) is 11.2 Å². The molecule has 0 unspecified atom stereocenters. The monoisotopic (exact) mass is 288 g/mol. The van der Waals surface area contributed by atoms with Gasteiger partial charge in [0.15, 0.2) is 0 Å². The molecule has 1 aliphatic rings. The van der Waals surface area contributed by atoms with Crippen molar-refractivity contribution in [2.75, 3.05) is 23.3 Å². The van der Waals surface area contributed by atoms with Gasteiger partial charge in [-0.3, -0.25) is 4.79 Å². The van der Waals surface area contributed by atoms with Gasteiger partial charge in [-0.05, 0) is 11.6 Å². The van der Waals surface area contributed by atoms with Crippen LogP contribution in [0.25, 0.3) is 0 Å². The van der Waals surface area contributed by atoms with Gasteiger partial charge in [-0.15, -0.1) is 0 Å². The number of nitrogens with one attached hydrogen (secondary N) is 1. The van der Waals surface area contributed by atoms with Crippen molar-refractivity contribution in [3.8, 4) is 0 Å². The fourth-order valence-electron chi connectivity index (χ4n) is 2.29. The summed E-state index contributed by atoms with van der Waals surface area (Å²) in [5.41, 5.74) is 2.07. The molecule has 5 nitrogen and oxygen atoms in total. The molecule has 20 heavy (non-hydrogen) atoms. The molecule has 0 fully saturated rings. The standard InChI is InChI=1S/C14H13ClN4O/c15-11-8-16-9-18-14(11)17-5-6-19-12-4-2-1-3-10(12)7-13(19)20/h1-4,8-9H,5-7H2,(H,16,17,18). The lowest BCUT2D eigenvalue weighted by atomic mass is 10.2. The molecule has 0 atom stereocenters. The van der Waals surface area contributed by atoms with Crippen LogP contribution in [-0.4, -0.2) is 29.0 Å². The van der Waals surface area contributed by atoms with Gasteiger partial charge in [0.1, 0.15) is 17.2 Å². The van der Waals surface area contributed by atoms with Crippen LogP contribution >= 0.6 is 11.6 Å². The minimum Gasteiger partial charge on any atom is -0.367 e. The van der Waals surface area contributed by atoms with Gasteiger partial charge >= 0.3 is 0 Å². The van der Waals surface area contributed by atoms with E-state index in [9.17, 15) is 4.79 Å². The lowest BCUT2D eigenvalue weighted by Gasteiger charge is -2.18. The zero-order valence-electron chi connectivity index (χ0n) is 10.7. The van der Waals surface area contributed by atoms with Gasteiger partial charge in [0.05, 0.1) is 12.6 Å². The van der Waals surface area contributed by atoms with E-state index >= 15 is 0 Å². The van der Waals surface area contributed by atoms with E-state index in [0.717, 1.165) is 11.3 Å². The molecule has 3 rings (SSSR count). The summed E-state index contributed by atoms with van der Waals surface area (Å²) in [7, 11) is 0. The smallest absolute Gasteiger partial charge is 0.231 e. The second-order valence-electron chi connectivity index (χ2n) is 4.50. The molecule has 1 aromatic heterocycles. The van der Waals surface area contributed by atoms with E-state index in [1.54, 1.807) is 4.90 Å². The molecule has 0 aliphatic carbocycles. The molecule has 0 saturated carbocycles. The van der Waals surface area contributed by atoms with E-state index < -0.39 is 0 Å². The van der Waals surface area contributed by atoms with E-state index in [1.807, 2.05) is 24.3 Å². The first-order chi connectivity index (χ1) is 9.75. The number of para-hydroxylation sites is 1. The summed E-state index contributed by atoms with van der Waals surface area (Å²) in [6.45, 7) is 1.16. The molecule has 1 amide bonds. The number of anilines is 2. The highest BCUT2D eigenvalue weighted by Gasteiger charge is 2.25. The average molecular weight is 289 g/mol. The molecule has 1 aromatic carbocycles. The van der Waals surface area contributed by atoms with E-state index in [-0.39, 0.29) is 5.91 Å². The molecule has 1 N–H and O–H groups in total. The Balaban J connectivity index is 1.65. The Morgan fingerprint density at radius 2 is 2.20 bits per heavy atom. The number of hydrogen-bond acceptors (Lipinski definition) is 4. The summed E-state index contributed by atoms with van der Waals surface area (Å²) in [6, 6.07) is 7.85. The highest BCUT2D eigenvalue weighted by molar-refractivity contribution is 6.32. The van der Waals surface area contributed by atoms with Crippen molar-refractivity contribution in [1.82, 2.24) is 9.97 Å². The number of fused-ring (bicyclic) bond motifs is 1. The van der Waals surface area contributed by atoms with Crippen molar-refractivity contribution in [3.63, 3.8) is 0 Å². The molecule has 102 valence electrons. The number of carbonyl (C=O) groups excluding carboxylic acids is 1. The van der Waals surface area contributed by atoms with Crippen LogP contribution in [0.15, 0.2) is 36.8 Å². The highest BCUT2D eigenvalue weighted by Crippen LogP contribution is 2.28. The van der Waals surface area contributed by atoms with Gasteiger partial charge in [0.25, 0.3) is 0 Å². The van der Waals surface area contributed by atoms with E-state index in [2.05, 4.69) is 15.3 Å². The van der Waals surface area contributed by atoms with Gasteiger partial charge < -0.3 is 10.2 Å². The molecule has 0 spiro atoms. The van der Waals surface area contributed by atoms with Crippen molar-refractivity contribution < 1.29 is 4.79 Å². The first-order valence-corrected chi connectivity index (χ1v) is 6.71. The predicted molar refractivity (Wildman–Crippen MR) is 78.0 cm³/mol. The van der Waals surface area contributed by atoms with Gasteiger partial charge in [-0.1, -0.05) is 29.8 Å². The minimum absolute atomic E-state index is 0.127. The Morgan fingerprint density at radius 3 is 3.05 bits per heavy atom. The molecule has 1 aliphatic heterocycles. The Kier molecular flexibility index (Phi) is 3.52. The van der Waals surface area contributed by atoms with E-state index in [0.29, 0.717) is 30.4 Å². The number of nitrogens with zero attached hydrogens (tertiary/aromatic N) is 3. The normalized spacial score (nSPS) is 13.4. The average Bonchev–Trinajstić information content (AvgIpc) is 2.77. The van der Waals surface area contributed by atoms with Crippen molar-refractivity contribution in [2.24, 2.45) is 0 Å². The zero-order valence-corrected chi connectivity index (χ0v) is 11.5. The fourth-order valence-corrected chi connectivity index (χ4v) is 2.46. The van der Waals surface area contributed by atoms with E-state index in [1.165, 1.54) is 12.5 Å². The third-order valence-electron chi connectivity index (χ3n) is 3.22. The summed E-state index contributed by atoms with van der Waals surface area (Å²) >= 11 is 5.96. The van der Waals surface area contributed by atoms with Crippen molar-refractivity contribution in [2.45, 2.75) is 6.42 Å². The number of rotatable bonds is 4. The molecule has 2 aromatic rings. The maximum Gasteiger partial charge on any atom is 0.231 e. The van der Waals surface area contributed by atoms with Crippen molar-refractivity contribution in [1.29, 1.82) is 0 Å². The molecule has 2 heterocycles. The second-order valence-corrected chi connectivity index (χ2v) is 4.90. The molecule has 0 radical (unpaired) electrons. The number of amides is 1. The van der Waals surface area contributed by atoms with Gasteiger partial charge in [0, 0.05) is 18.8 Å². The van der Waals surface area contributed by atoms with Crippen LogP contribution < -0.4 is 10.2 Å². The second kappa shape index (κ2) is 5.46. The van der Waals surface area contributed by atoms with Gasteiger partial charge in [-0.2, -0.15) is 0 Å². The number of hydrogen-bond donors (Lipinski definition) is 1. The first kappa shape index (κ1) is 12.9. The third kappa shape index (κ3) is 2.44.